The second-order valence-electron chi connectivity index (χ2n) is 3.83. The molecule has 0 fully saturated rings. The van der Waals surface area contributed by atoms with Crippen LogP contribution in [-0.4, -0.2) is 52.4 Å². The zero-order chi connectivity index (χ0) is 14.7. The fourth-order valence-corrected chi connectivity index (χ4v) is 0.569. The van der Waals surface area contributed by atoms with Crippen LogP contribution in [0.1, 0.15) is 27.2 Å². The van der Waals surface area contributed by atoms with Crippen molar-refractivity contribution in [3.63, 3.8) is 0 Å². The molecular weight excluding hydrogens is 244 g/mol. The number of carbonyl (C=O) groups excluding carboxylic acids is 2. The highest BCUT2D eigenvalue weighted by Gasteiger charge is 2.16. The average Bonchev–Trinajstić information content (AvgIpc) is 2.26. The van der Waals surface area contributed by atoms with Crippen molar-refractivity contribution in [3.05, 3.63) is 0 Å². The maximum Gasteiger partial charge on any atom is 0.305 e. The van der Waals surface area contributed by atoms with Crippen LogP contribution in [0.5, 0.6) is 0 Å². The van der Waals surface area contributed by atoms with Crippen LogP contribution >= 0.6 is 0 Å². The van der Waals surface area contributed by atoms with Crippen molar-refractivity contribution < 1.29 is 34.4 Å². The summed E-state index contributed by atoms with van der Waals surface area (Å²) in [5.41, 5.74) is 0. The van der Waals surface area contributed by atoms with E-state index in [1.807, 2.05) is 0 Å². The highest BCUT2D eigenvalue weighted by Crippen LogP contribution is 1.97. The third-order valence-corrected chi connectivity index (χ3v) is 1.73. The van der Waals surface area contributed by atoms with E-state index in [2.05, 4.69) is 4.74 Å². The fraction of sp³-hybridized carbons (Fsp3) is 0.727. The Morgan fingerprint density at radius 3 is 1.94 bits per heavy atom. The van der Waals surface area contributed by atoms with Gasteiger partial charge in [-0.25, -0.2) is 0 Å². The fourth-order valence-electron chi connectivity index (χ4n) is 0.569. The van der Waals surface area contributed by atoms with Gasteiger partial charge in [-0.15, -0.1) is 0 Å². The van der Waals surface area contributed by atoms with E-state index in [4.69, 9.17) is 15.3 Å². The van der Waals surface area contributed by atoms with Gasteiger partial charge in [-0.1, -0.05) is 13.8 Å². The minimum atomic E-state index is -1.20. The standard InChI is InChI=1S/C7H12O5.C4H8O2/c1-5(9)12-4-7(11)6(10)2-3-8;1-3(2)4(5)6/h3,6-7,10-11H,2,4H2,1H3;3H,1-2H3,(H,5,6)/t6-,7+;/m0./s1. The van der Waals surface area contributed by atoms with Gasteiger partial charge in [0, 0.05) is 13.3 Å². The molecule has 0 radical (unpaired) electrons. The molecular formula is C11H20O7. The van der Waals surface area contributed by atoms with E-state index in [1.54, 1.807) is 13.8 Å². The van der Waals surface area contributed by atoms with Crippen LogP contribution in [0.15, 0.2) is 0 Å². The van der Waals surface area contributed by atoms with Gasteiger partial charge in [0.15, 0.2) is 0 Å². The lowest BCUT2D eigenvalue weighted by Crippen LogP contribution is -2.31. The molecule has 106 valence electrons. The van der Waals surface area contributed by atoms with E-state index in [9.17, 15) is 14.4 Å². The Morgan fingerprint density at radius 1 is 1.22 bits per heavy atom. The molecule has 0 bridgehead atoms. The molecule has 0 aliphatic rings. The lowest BCUT2D eigenvalue weighted by Gasteiger charge is -2.14. The molecule has 0 aliphatic heterocycles. The van der Waals surface area contributed by atoms with Gasteiger partial charge in [0.1, 0.15) is 19.0 Å². The highest BCUT2D eigenvalue weighted by molar-refractivity contribution is 5.68. The van der Waals surface area contributed by atoms with Gasteiger partial charge in [0.05, 0.1) is 12.0 Å². The van der Waals surface area contributed by atoms with E-state index in [0.717, 1.165) is 0 Å². The molecule has 0 heterocycles. The zero-order valence-corrected chi connectivity index (χ0v) is 10.7. The van der Waals surface area contributed by atoms with Crippen molar-refractivity contribution >= 4 is 18.2 Å². The molecule has 18 heavy (non-hydrogen) atoms. The van der Waals surface area contributed by atoms with Crippen molar-refractivity contribution in [2.75, 3.05) is 6.61 Å². The molecule has 0 amide bonds. The number of carboxylic acids is 1. The SMILES string of the molecule is CC(=O)OC[C@@H](O)[C@@H](O)CC=O.CC(C)C(=O)O. The van der Waals surface area contributed by atoms with Gasteiger partial charge in [-0.05, 0) is 0 Å². The number of ether oxygens (including phenoxy) is 1. The topological polar surface area (TPSA) is 121 Å². The molecule has 3 N–H and O–H groups in total. The molecule has 0 saturated carbocycles. The number of esters is 1. The van der Waals surface area contributed by atoms with E-state index < -0.39 is 24.1 Å². The summed E-state index contributed by atoms with van der Waals surface area (Å²) in [6.07, 6.45) is -2.04. The van der Waals surface area contributed by atoms with Crippen LogP contribution in [0.2, 0.25) is 0 Å². The summed E-state index contributed by atoms with van der Waals surface area (Å²) in [6.45, 7) is 4.19. The summed E-state index contributed by atoms with van der Waals surface area (Å²) in [4.78, 5) is 29.8. The van der Waals surface area contributed by atoms with Gasteiger partial charge in [-0.3, -0.25) is 9.59 Å². The van der Waals surface area contributed by atoms with Crippen LogP contribution < -0.4 is 0 Å². The maximum atomic E-state index is 10.2. The number of aldehydes is 1. The second-order valence-corrected chi connectivity index (χ2v) is 3.83. The third-order valence-electron chi connectivity index (χ3n) is 1.73. The zero-order valence-electron chi connectivity index (χ0n) is 10.7. The van der Waals surface area contributed by atoms with Crippen molar-refractivity contribution in [1.82, 2.24) is 0 Å². The highest BCUT2D eigenvalue weighted by atomic mass is 16.5. The Labute approximate surface area is 105 Å². The quantitative estimate of drug-likeness (QED) is 0.440. The Bertz CT molecular complexity index is 262. The number of hydrogen-bond donors (Lipinski definition) is 3. The lowest BCUT2D eigenvalue weighted by molar-refractivity contribution is -0.146. The molecule has 0 aromatic heterocycles. The first-order valence-corrected chi connectivity index (χ1v) is 5.38. The van der Waals surface area contributed by atoms with Gasteiger partial charge >= 0.3 is 11.9 Å². The van der Waals surface area contributed by atoms with Crippen molar-refractivity contribution in [3.8, 4) is 0 Å². The number of aliphatic hydroxyl groups excluding tert-OH is 2. The van der Waals surface area contributed by atoms with Crippen LogP contribution in [0.25, 0.3) is 0 Å². The predicted octanol–water partition coefficient (Wildman–Crippen LogP) is -0.413. The number of aliphatic hydroxyl groups is 2. The first-order valence-electron chi connectivity index (χ1n) is 5.38. The summed E-state index contributed by atoms with van der Waals surface area (Å²) in [6, 6.07) is 0. The molecule has 2 atom stereocenters. The van der Waals surface area contributed by atoms with Crippen molar-refractivity contribution in [1.29, 1.82) is 0 Å². The number of rotatable bonds is 6. The average molecular weight is 264 g/mol. The summed E-state index contributed by atoms with van der Waals surface area (Å²) < 4.78 is 4.41. The van der Waals surface area contributed by atoms with E-state index >= 15 is 0 Å². The van der Waals surface area contributed by atoms with Gasteiger partial charge in [0.2, 0.25) is 0 Å². The summed E-state index contributed by atoms with van der Waals surface area (Å²) in [5.74, 6) is -1.51. The Kier molecular flexibility index (Phi) is 11.2. The molecule has 0 rings (SSSR count). The number of hydrogen-bond acceptors (Lipinski definition) is 6. The first kappa shape index (κ1) is 18.9. The first-order chi connectivity index (χ1) is 8.22. The molecule has 0 unspecified atom stereocenters. The largest absolute Gasteiger partial charge is 0.481 e. The Morgan fingerprint density at radius 2 is 1.67 bits per heavy atom. The molecule has 0 saturated heterocycles. The van der Waals surface area contributed by atoms with E-state index in [-0.39, 0.29) is 18.9 Å². The minimum absolute atomic E-state index is 0.164. The van der Waals surface area contributed by atoms with Crippen LogP contribution in [-0.2, 0) is 19.1 Å². The Balaban J connectivity index is 0. The van der Waals surface area contributed by atoms with Crippen molar-refractivity contribution in [2.24, 2.45) is 5.92 Å². The predicted molar refractivity (Wildman–Crippen MR) is 61.8 cm³/mol. The van der Waals surface area contributed by atoms with Crippen molar-refractivity contribution in [2.45, 2.75) is 39.4 Å². The number of aliphatic carboxylic acids is 1. The van der Waals surface area contributed by atoms with Gasteiger partial charge in [-0.2, -0.15) is 0 Å². The molecule has 0 aliphatic carbocycles. The van der Waals surface area contributed by atoms with Gasteiger partial charge < -0.3 is 24.9 Å². The molecule has 0 spiro atoms. The minimum Gasteiger partial charge on any atom is -0.481 e. The normalized spacial score (nSPS) is 13.0. The monoisotopic (exact) mass is 264 g/mol. The lowest BCUT2D eigenvalue weighted by atomic mass is 10.2. The summed E-state index contributed by atoms with van der Waals surface area (Å²) in [5, 5.41) is 26.0. The molecule has 7 nitrogen and oxygen atoms in total. The molecule has 0 aromatic carbocycles. The molecule has 0 aromatic rings. The van der Waals surface area contributed by atoms with Crippen LogP contribution in [0.4, 0.5) is 0 Å². The number of carboxylic acid groups (broad SMARTS) is 1. The van der Waals surface area contributed by atoms with Crippen LogP contribution in [0, 0.1) is 5.92 Å². The summed E-state index contributed by atoms with van der Waals surface area (Å²) in [7, 11) is 0. The Hall–Kier alpha value is -1.47. The smallest absolute Gasteiger partial charge is 0.305 e. The van der Waals surface area contributed by atoms with E-state index in [0.29, 0.717) is 6.29 Å². The van der Waals surface area contributed by atoms with Crippen LogP contribution in [0.3, 0.4) is 0 Å². The molecule has 7 heteroatoms. The third kappa shape index (κ3) is 12.6. The maximum absolute atomic E-state index is 10.2. The summed E-state index contributed by atoms with van der Waals surface area (Å²) >= 11 is 0. The second kappa shape index (κ2) is 10.7. The van der Waals surface area contributed by atoms with E-state index in [1.165, 1.54) is 6.92 Å². The number of carbonyl (C=O) groups is 3. The van der Waals surface area contributed by atoms with Gasteiger partial charge in [0.25, 0.3) is 0 Å².